The molecule has 0 aliphatic carbocycles. The van der Waals surface area contributed by atoms with Crippen LogP contribution < -0.4 is 10.6 Å². The van der Waals surface area contributed by atoms with E-state index in [2.05, 4.69) is 10.6 Å². The standard InChI is InChI=1S/C20H18F3N3O6/c21-20(22,23)13-3-1-4-15(11-13)25-18(28)12-32-19(29)6-2-5-17(27)24-14-7-9-16(10-8-14)26(30)31/h1,3-4,7-11H,2,5-6,12H2,(H,24,27)(H,25,28). The third-order valence-electron chi connectivity index (χ3n) is 3.98. The van der Waals surface area contributed by atoms with Crippen molar-refractivity contribution in [1.82, 2.24) is 0 Å². The molecule has 0 unspecified atom stereocenters. The molecule has 2 amide bonds. The molecule has 170 valence electrons. The Morgan fingerprint density at radius 3 is 2.22 bits per heavy atom. The van der Waals surface area contributed by atoms with Crippen LogP contribution in [-0.2, 0) is 25.3 Å². The van der Waals surface area contributed by atoms with Crippen molar-refractivity contribution in [3.8, 4) is 0 Å². The van der Waals surface area contributed by atoms with Gasteiger partial charge in [-0.25, -0.2) is 0 Å². The quantitative estimate of drug-likeness (QED) is 0.337. The van der Waals surface area contributed by atoms with Gasteiger partial charge in [-0.05, 0) is 36.8 Å². The maximum Gasteiger partial charge on any atom is 0.416 e. The van der Waals surface area contributed by atoms with E-state index in [0.717, 1.165) is 18.2 Å². The summed E-state index contributed by atoms with van der Waals surface area (Å²) >= 11 is 0. The fourth-order valence-electron chi connectivity index (χ4n) is 2.47. The van der Waals surface area contributed by atoms with E-state index in [-0.39, 0.29) is 30.6 Å². The number of carbonyl (C=O) groups excluding carboxylic acids is 3. The van der Waals surface area contributed by atoms with Gasteiger partial charge in [0, 0.05) is 36.3 Å². The molecule has 0 spiro atoms. The lowest BCUT2D eigenvalue weighted by Gasteiger charge is -2.10. The fourth-order valence-corrected chi connectivity index (χ4v) is 2.47. The summed E-state index contributed by atoms with van der Waals surface area (Å²) in [5.74, 6) is -1.99. The minimum absolute atomic E-state index is 0.0392. The highest BCUT2D eigenvalue weighted by Crippen LogP contribution is 2.30. The van der Waals surface area contributed by atoms with Gasteiger partial charge in [0.05, 0.1) is 10.5 Å². The predicted molar refractivity (Wildman–Crippen MR) is 107 cm³/mol. The van der Waals surface area contributed by atoms with Gasteiger partial charge in [-0.1, -0.05) is 6.07 Å². The van der Waals surface area contributed by atoms with Crippen LogP contribution >= 0.6 is 0 Å². The molecule has 0 heterocycles. The number of carbonyl (C=O) groups is 3. The number of nitrogens with zero attached hydrogens (tertiary/aromatic N) is 1. The number of nitrogens with one attached hydrogen (secondary N) is 2. The summed E-state index contributed by atoms with van der Waals surface area (Å²) in [6.07, 6.45) is -4.64. The van der Waals surface area contributed by atoms with Crippen molar-refractivity contribution in [2.75, 3.05) is 17.2 Å². The first kappa shape index (κ1) is 24.3. The molecule has 0 aliphatic heterocycles. The zero-order valence-corrected chi connectivity index (χ0v) is 16.5. The lowest BCUT2D eigenvalue weighted by Crippen LogP contribution is -2.21. The smallest absolute Gasteiger partial charge is 0.416 e. The molecule has 0 bridgehead atoms. The van der Waals surface area contributed by atoms with Crippen LogP contribution in [0.2, 0.25) is 0 Å². The molecule has 0 aromatic heterocycles. The first-order valence-corrected chi connectivity index (χ1v) is 9.21. The number of esters is 1. The number of ether oxygens (including phenoxy) is 1. The number of benzene rings is 2. The van der Waals surface area contributed by atoms with E-state index in [1.807, 2.05) is 0 Å². The summed E-state index contributed by atoms with van der Waals surface area (Å²) in [6.45, 7) is -0.690. The second-order valence-electron chi connectivity index (χ2n) is 6.49. The molecule has 0 fully saturated rings. The highest BCUT2D eigenvalue weighted by molar-refractivity contribution is 5.93. The zero-order chi connectivity index (χ0) is 23.7. The molecule has 2 rings (SSSR count). The molecule has 2 aromatic carbocycles. The van der Waals surface area contributed by atoms with Crippen LogP contribution in [0, 0.1) is 10.1 Å². The van der Waals surface area contributed by atoms with Crippen molar-refractivity contribution in [1.29, 1.82) is 0 Å². The number of halogens is 3. The molecule has 0 saturated carbocycles. The van der Waals surface area contributed by atoms with Crippen LogP contribution in [0.1, 0.15) is 24.8 Å². The average Bonchev–Trinajstić information content (AvgIpc) is 2.72. The normalized spacial score (nSPS) is 10.8. The summed E-state index contributed by atoms with van der Waals surface area (Å²) < 4.78 is 42.7. The summed E-state index contributed by atoms with van der Waals surface area (Å²) in [7, 11) is 0. The van der Waals surface area contributed by atoms with E-state index in [0.29, 0.717) is 5.69 Å². The van der Waals surface area contributed by atoms with Gasteiger partial charge in [-0.3, -0.25) is 24.5 Å². The molecule has 12 heteroatoms. The molecule has 9 nitrogen and oxygen atoms in total. The lowest BCUT2D eigenvalue weighted by molar-refractivity contribution is -0.384. The zero-order valence-electron chi connectivity index (χ0n) is 16.5. The predicted octanol–water partition coefficient (Wildman–Crippen LogP) is 3.90. The lowest BCUT2D eigenvalue weighted by atomic mass is 10.2. The maximum atomic E-state index is 12.7. The van der Waals surface area contributed by atoms with E-state index >= 15 is 0 Å². The number of alkyl halides is 3. The van der Waals surface area contributed by atoms with Crippen LogP contribution in [0.15, 0.2) is 48.5 Å². The number of nitro benzene ring substituents is 1. The Morgan fingerprint density at radius 1 is 0.938 bits per heavy atom. The van der Waals surface area contributed by atoms with Gasteiger partial charge >= 0.3 is 12.1 Å². The molecule has 0 aliphatic rings. The minimum atomic E-state index is -4.56. The second-order valence-corrected chi connectivity index (χ2v) is 6.49. The summed E-state index contributed by atoms with van der Waals surface area (Å²) in [5.41, 5.74) is -0.791. The van der Waals surface area contributed by atoms with Crippen LogP contribution in [0.3, 0.4) is 0 Å². The van der Waals surface area contributed by atoms with E-state index in [9.17, 15) is 37.7 Å². The highest BCUT2D eigenvalue weighted by atomic mass is 19.4. The topological polar surface area (TPSA) is 128 Å². The van der Waals surface area contributed by atoms with Crippen LogP contribution in [0.5, 0.6) is 0 Å². The highest BCUT2D eigenvalue weighted by Gasteiger charge is 2.30. The number of non-ortho nitro benzene ring substituents is 1. The minimum Gasteiger partial charge on any atom is -0.456 e. The summed E-state index contributed by atoms with van der Waals surface area (Å²) in [5, 5.41) is 15.3. The van der Waals surface area contributed by atoms with E-state index in [1.54, 1.807) is 0 Å². The maximum absolute atomic E-state index is 12.7. The Morgan fingerprint density at radius 2 is 1.59 bits per heavy atom. The number of anilines is 2. The third kappa shape index (κ3) is 8.05. The Balaban J connectivity index is 1.68. The van der Waals surface area contributed by atoms with Crippen molar-refractivity contribution >= 4 is 34.8 Å². The van der Waals surface area contributed by atoms with Crippen LogP contribution in [-0.4, -0.2) is 29.3 Å². The van der Waals surface area contributed by atoms with Gasteiger partial charge in [0.25, 0.3) is 11.6 Å². The van der Waals surface area contributed by atoms with Gasteiger partial charge < -0.3 is 15.4 Å². The number of amides is 2. The summed E-state index contributed by atoms with van der Waals surface area (Å²) in [4.78, 5) is 45.3. The second kappa shape index (κ2) is 10.9. The first-order valence-electron chi connectivity index (χ1n) is 9.21. The first-order chi connectivity index (χ1) is 15.0. The molecule has 2 N–H and O–H groups in total. The van der Waals surface area contributed by atoms with Gasteiger partial charge in [0.15, 0.2) is 6.61 Å². The van der Waals surface area contributed by atoms with Gasteiger partial charge in [-0.2, -0.15) is 13.2 Å². The number of hydrogen-bond acceptors (Lipinski definition) is 6. The number of rotatable bonds is 9. The largest absolute Gasteiger partial charge is 0.456 e. The van der Waals surface area contributed by atoms with E-state index in [1.165, 1.54) is 30.3 Å². The molecule has 0 atom stereocenters. The molecule has 0 radical (unpaired) electrons. The Kier molecular flexibility index (Phi) is 8.27. The molecular formula is C20H18F3N3O6. The summed E-state index contributed by atoms with van der Waals surface area (Å²) in [6, 6.07) is 9.21. The van der Waals surface area contributed by atoms with Gasteiger partial charge in [-0.15, -0.1) is 0 Å². The Hall–Kier alpha value is -3.96. The number of nitro groups is 1. The van der Waals surface area contributed by atoms with Gasteiger partial charge in [0.2, 0.25) is 5.91 Å². The molecular weight excluding hydrogens is 435 g/mol. The van der Waals surface area contributed by atoms with Crippen molar-refractivity contribution in [3.05, 3.63) is 64.2 Å². The third-order valence-corrected chi connectivity index (χ3v) is 3.98. The van der Waals surface area contributed by atoms with E-state index < -0.39 is 41.1 Å². The van der Waals surface area contributed by atoms with Crippen LogP contribution in [0.25, 0.3) is 0 Å². The monoisotopic (exact) mass is 453 g/mol. The molecule has 2 aromatic rings. The van der Waals surface area contributed by atoms with Crippen molar-refractivity contribution < 1.29 is 37.2 Å². The van der Waals surface area contributed by atoms with Crippen molar-refractivity contribution in [3.63, 3.8) is 0 Å². The van der Waals surface area contributed by atoms with Crippen LogP contribution in [0.4, 0.5) is 30.2 Å². The van der Waals surface area contributed by atoms with Crippen molar-refractivity contribution in [2.24, 2.45) is 0 Å². The SMILES string of the molecule is O=C(CCCC(=O)OCC(=O)Nc1cccc(C(F)(F)F)c1)Nc1ccc([N+](=O)[O-])cc1. The molecule has 0 saturated heterocycles. The fraction of sp³-hybridized carbons (Fsp3) is 0.250. The molecule has 32 heavy (non-hydrogen) atoms. The van der Waals surface area contributed by atoms with Crippen molar-refractivity contribution in [2.45, 2.75) is 25.4 Å². The van der Waals surface area contributed by atoms with E-state index in [4.69, 9.17) is 4.74 Å². The number of hydrogen-bond donors (Lipinski definition) is 2. The van der Waals surface area contributed by atoms with Gasteiger partial charge in [0.1, 0.15) is 0 Å². The Labute approximate surface area is 179 Å². The average molecular weight is 453 g/mol. The Bertz CT molecular complexity index is 993.